The standard InChI is InChI=1S/C22H27NO2Se/c1-14-6-15(2)20(16(3)7-14)26-19-8-17-9-22(10-18(17)11-23-19)12-24-21(4,5)25-13-22/h6-8,11H,9-10,12-13H2,1-5H3. The van der Waals surface area contributed by atoms with E-state index in [2.05, 4.69) is 45.2 Å². The summed E-state index contributed by atoms with van der Waals surface area (Å²) < 4.78 is 14.6. The molecule has 2 aromatic rings. The minimum atomic E-state index is -0.451. The quantitative estimate of drug-likeness (QED) is 0.706. The van der Waals surface area contributed by atoms with E-state index in [0.29, 0.717) is 0 Å². The van der Waals surface area contributed by atoms with Crippen LogP contribution in [0.2, 0.25) is 0 Å². The Labute approximate surface area is 162 Å². The van der Waals surface area contributed by atoms with Crippen LogP contribution in [0.4, 0.5) is 0 Å². The first kappa shape index (κ1) is 18.2. The molecule has 0 bridgehead atoms. The molecule has 1 saturated heterocycles. The number of pyridine rings is 1. The molecule has 1 aromatic carbocycles. The van der Waals surface area contributed by atoms with Gasteiger partial charge < -0.3 is 0 Å². The summed E-state index contributed by atoms with van der Waals surface area (Å²) in [5.74, 6) is -0.451. The van der Waals surface area contributed by atoms with Crippen LogP contribution in [0, 0.1) is 26.2 Å². The molecule has 0 amide bonds. The van der Waals surface area contributed by atoms with E-state index in [-0.39, 0.29) is 20.4 Å². The second-order valence-electron chi connectivity index (χ2n) is 8.45. The Morgan fingerprint density at radius 2 is 1.54 bits per heavy atom. The van der Waals surface area contributed by atoms with E-state index in [1.54, 1.807) is 0 Å². The van der Waals surface area contributed by atoms with Gasteiger partial charge in [0.15, 0.2) is 0 Å². The molecule has 3 nitrogen and oxygen atoms in total. The molecule has 1 aliphatic carbocycles. The molecule has 1 aromatic heterocycles. The van der Waals surface area contributed by atoms with Crippen LogP contribution >= 0.6 is 0 Å². The van der Waals surface area contributed by atoms with Crippen LogP contribution in [0.1, 0.15) is 41.7 Å². The maximum absolute atomic E-state index is 5.96. The Morgan fingerprint density at radius 1 is 0.923 bits per heavy atom. The molecule has 4 heteroatoms. The first-order chi connectivity index (χ1) is 12.3. The Hall–Kier alpha value is -1.19. The second kappa shape index (κ2) is 6.45. The van der Waals surface area contributed by atoms with Gasteiger partial charge >= 0.3 is 163 Å². The molecule has 0 saturated carbocycles. The number of fused-ring (bicyclic) bond motifs is 1. The zero-order valence-corrected chi connectivity index (χ0v) is 18.0. The Kier molecular flexibility index (Phi) is 4.51. The van der Waals surface area contributed by atoms with Gasteiger partial charge in [-0.1, -0.05) is 0 Å². The van der Waals surface area contributed by atoms with Crippen LogP contribution in [0.15, 0.2) is 24.4 Å². The summed E-state index contributed by atoms with van der Waals surface area (Å²) in [5, 5.41) is 0. The molecule has 138 valence electrons. The van der Waals surface area contributed by atoms with Gasteiger partial charge in [0.2, 0.25) is 0 Å². The molecule has 26 heavy (non-hydrogen) atoms. The fourth-order valence-corrected chi connectivity index (χ4v) is 6.13. The summed E-state index contributed by atoms with van der Waals surface area (Å²) in [6.07, 6.45) is 4.15. The van der Waals surface area contributed by atoms with Crippen LogP contribution in [-0.4, -0.2) is 38.9 Å². The number of aromatic nitrogens is 1. The fourth-order valence-electron chi connectivity index (χ4n) is 4.13. The molecule has 4 rings (SSSR count). The summed E-state index contributed by atoms with van der Waals surface area (Å²) in [5.41, 5.74) is 7.01. The van der Waals surface area contributed by atoms with Gasteiger partial charge in [-0.3, -0.25) is 0 Å². The zero-order valence-electron chi connectivity index (χ0n) is 16.3. The molecule has 1 fully saturated rings. The molecule has 1 spiro atoms. The Balaban J connectivity index is 1.55. The van der Waals surface area contributed by atoms with Crippen LogP contribution < -0.4 is 9.05 Å². The van der Waals surface area contributed by atoms with E-state index in [1.165, 1.54) is 36.9 Å². The van der Waals surface area contributed by atoms with Gasteiger partial charge in [-0.15, -0.1) is 0 Å². The van der Waals surface area contributed by atoms with Gasteiger partial charge in [-0.2, -0.15) is 0 Å². The Morgan fingerprint density at radius 3 is 2.19 bits per heavy atom. The van der Waals surface area contributed by atoms with Gasteiger partial charge in [0.05, 0.1) is 0 Å². The number of nitrogens with zero attached hydrogens (tertiary/aromatic N) is 1. The molecule has 0 atom stereocenters. The number of hydrogen-bond donors (Lipinski definition) is 0. The van der Waals surface area contributed by atoms with E-state index >= 15 is 0 Å². The van der Waals surface area contributed by atoms with Crippen LogP contribution in [-0.2, 0) is 22.3 Å². The van der Waals surface area contributed by atoms with Gasteiger partial charge in [0, 0.05) is 0 Å². The van der Waals surface area contributed by atoms with Crippen molar-refractivity contribution in [3.05, 3.63) is 52.2 Å². The normalized spacial score (nSPS) is 20.3. The van der Waals surface area contributed by atoms with Crippen molar-refractivity contribution in [3.8, 4) is 0 Å². The van der Waals surface area contributed by atoms with Crippen molar-refractivity contribution in [1.29, 1.82) is 0 Å². The summed E-state index contributed by atoms with van der Waals surface area (Å²) >= 11 is 0.244. The average Bonchev–Trinajstić information content (AvgIpc) is 2.92. The van der Waals surface area contributed by atoms with Crippen molar-refractivity contribution in [2.45, 2.75) is 53.2 Å². The monoisotopic (exact) mass is 417 g/mol. The van der Waals surface area contributed by atoms with Crippen LogP contribution in [0.5, 0.6) is 0 Å². The predicted octanol–water partition coefficient (Wildman–Crippen LogP) is 2.53. The topological polar surface area (TPSA) is 31.4 Å². The molecule has 2 heterocycles. The van der Waals surface area contributed by atoms with E-state index in [0.717, 1.165) is 26.1 Å². The molecule has 2 aliphatic rings. The minimum absolute atomic E-state index is 0.0981. The van der Waals surface area contributed by atoms with Crippen molar-refractivity contribution in [2.24, 2.45) is 5.41 Å². The number of benzene rings is 1. The van der Waals surface area contributed by atoms with Crippen molar-refractivity contribution in [1.82, 2.24) is 4.98 Å². The first-order valence-corrected chi connectivity index (χ1v) is 11.0. The molecule has 0 radical (unpaired) electrons. The predicted molar refractivity (Wildman–Crippen MR) is 106 cm³/mol. The van der Waals surface area contributed by atoms with Crippen molar-refractivity contribution >= 4 is 24.0 Å². The molecule has 1 aliphatic heterocycles. The number of ether oxygens (including phenoxy) is 2. The average molecular weight is 416 g/mol. The second-order valence-corrected chi connectivity index (χ2v) is 10.6. The van der Waals surface area contributed by atoms with Crippen LogP contribution in [0.25, 0.3) is 0 Å². The first-order valence-electron chi connectivity index (χ1n) is 9.27. The molecule has 0 N–H and O–H groups in total. The number of rotatable bonds is 2. The SMILES string of the molecule is Cc1cc(C)c([Se]c2cc3c(cn2)CC2(COC(C)(C)OC2)C3)c(C)c1. The summed E-state index contributed by atoms with van der Waals surface area (Å²) in [6, 6.07) is 6.90. The van der Waals surface area contributed by atoms with E-state index in [4.69, 9.17) is 14.5 Å². The number of hydrogen-bond acceptors (Lipinski definition) is 3. The molecule has 0 unspecified atom stereocenters. The van der Waals surface area contributed by atoms with Gasteiger partial charge in [-0.25, -0.2) is 0 Å². The third-order valence-corrected chi connectivity index (χ3v) is 8.14. The van der Waals surface area contributed by atoms with E-state index in [9.17, 15) is 0 Å². The molecular formula is C22H27NO2Se. The van der Waals surface area contributed by atoms with Crippen molar-refractivity contribution < 1.29 is 9.47 Å². The van der Waals surface area contributed by atoms with Gasteiger partial charge in [-0.05, 0) is 0 Å². The van der Waals surface area contributed by atoms with Gasteiger partial charge in [0.25, 0.3) is 0 Å². The van der Waals surface area contributed by atoms with E-state index in [1.807, 2.05) is 13.8 Å². The molecular weight excluding hydrogens is 389 g/mol. The van der Waals surface area contributed by atoms with Crippen molar-refractivity contribution in [2.75, 3.05) is 13.2 Å². The summed E-state index contributed by atoms with van der Waals surface area (Å²) in [6.45, 7) is 12.1. The fraction of sp³-hybridized carbons (Fsp3) is 0.500. The number of aryl methyl sites for hydroxylation is 3. The van der Waals surface area contributed by atoms with E-state index < -0.39 is 5.79 Å². The summed E-state index contributed by atoms with van der Waals surface area (Å²) in [4.78, 5) is 4.80. The zero-order chi connectivity index (χ0) is 18.5. The maximum atomic E-state index is 5.96. The Bertz CT molecular complexity index is 826. The summed E-state index contributed by atoms with van der Waals surface area (Å²) in [7, 11) is 0. The van der Waals surface area contributed by atoms with Gasteiger partial charge in [0.1, 0.15) is 0 Å². The van der Waals surface area contributed by atoms with Crippen LogP contribution in [0.3, 0.4) is 0 Å². The van der Waals surface area contributed by atoms with Crippen molar-refractivity contribution in [3.63, 3.8) is 0 Å². The third kappa shape index (κ3) is 3.48. The third-order valence-electron chi connectivity index (χ3n) is 5.45.